The number of para-hydroxylation sites is 1. The largest absolute Gasteiger partial charge is 0.493 e. The lowest BCUT2D eigenvalue weighted by Crippen LogP contribution is -2.01. The molecule has 0 atom stereocenters. The third kappa shape index (κ3) is 2.67. The van der Waals surface area contributed by atoms with E-state index in [4.69, 9.17) is 9.47 Å². The smallest absolute Gasteiger partial charge is 0.222 e. The number of hydrogen-bond donors (Lipinski definition) is 1. The summed E-state index contributed by atoms with van der Waals surface area (Å²) in [6.07, 6.45) is 0. The number of nitrogens with zero attached hydrogens (tertiary/aromatic N) is 2. The van der Waals surface area contributed by atoms with Gasteiger partial charge in [-0.3, -0.25) is 0 Å². The zero-order valence-electron chi connectivity index (χ0n) is 13.5. The van der Waals surface area contributed by atoms with Gasteiger partial charge in [-0.25, -0.2) is 0 Å². The highest BCUT2D eigenvalue weighted by molar-refractivity contribution is 5.95. The third-order valence-electron chi connectivity index (χ3n) is 3.88. The fourth-order valence-corrected chi connectivity index (χ4v) is 2.79. The van der Waals surface area contributed by atoms with E-state index in [1.54, 1.807) is 23.8 Å². The predicted molar refractivity (Wildman–Crippen MR) is 92.3 cm³/mol. The highest BCUT2D eigenvalue weighted by Crippen LogP contribution is 2.39. The maximum absolute atomic E-state index is 11.1. The van der Waals surface area contributed by atoms with Gasteiger partial charge in [0.1, 0.15) is 0 Å². The normalized spacial score (nSPS) is 10.8. The van der Waals surface area contributed by atoms with Crippen LogP contribution >= 0.6 is 0 Å². The first-order valence-corrected chi connectivity index (χ1v) is 7.62. The van der Waals surface area contributed by atoms with Crippen LogP contribution in [0, 0.1) is 4.91 Å². The molecule has 1 N–H and O–H groups in total. The number of fused-ring (bicyclic) bond motifs is 1. The van der Waals surface area contributed by atoms with E-state index >= 15 is 0 Å². The second kappa shape index (κ2) is 6.62. The summed E-state index contributed by atoms with van der Waals surface area (Å²) in [5, 5.41) is 13.9. The Bertz CT molecular complexity index is 886. The molecule has 0 aliphatic carbocycles. The van der Waals surface area contributed by atoms with Crippen molar-refractivity contribution in [3.05, 3.63) is 52.9 Å². The monoisotopic (exact) mass is 326 g/mol. The van der Waals surface area contributed by atoms with Crippen LogP contribution in [-0.4, -0.2) is 23.4 Å². The number of aromatic nitrogens is 1. The van der Waals surface area contributed by atoms with E-state index in [2.05, 4.69) is 5.18 Å². The van der Waals surface area contributed by atoms with E-state index in [-0.39, 0.29) is 11.6 Å². The summed E-state index contributed by atoms with van der Waals surface area (Å²) >= 11 is 0. The first-order valence-electron chi connectivity index (χ1n) is 7.62. The molecule has 0 aliphatic rings. The lowest BCUT2D eigenvalue weighted by atomic mass is 10.2. The van der Waals surface area contributed by atoms with Crippen molar-refractivity contribution < 1.29 is 14.6 Å². The predicted octanol–water partition coefficient (Wildman–Crippen LogP) is 4.20. The highest BCUT2D eigenvalue weighted by atomic mass is 16.5. The molecule has 2 aromatic carbocycles. The van der Waals surface area contributed by atoms with E-state index in [9.17, 15) is 10.0 Å². The van der Waals surface area contributed by atoms with Gasteiger partial charge in [-0.2, -0.15) is 0 Å². The summed E-state index contributed by atoms with van der Waals surface area (Å²) < 4.78 is 12.5. The van der Waals surface area contributed by atoms with Gasteiger partial charge < -0.3 is 19.1 Å². The molecule has 6 heteroatoms. The van der Waals surface area contributed by atoms with Crippen LogP contribution in [0.3, 0.4) is 0 Å². The average Bonchev–Trinajstić information content (AvgIpc) is 2.88. The quantitative estimate of drug-likeness (QED) is 0.689. The molecule has 0 radical (unpaired) electrons. The minimum atomic E-state index is -0.140. The lowest BCUT2D eigenvalue weighted by Gasteiger charge is -2.12. The zero-order chi connectivity index (χ0) is 17.1. The van der Waals surface area contributed by atoms with Crippen LogP contribution in [-0.2, 0) is 6.54 Å². The van der Waals surface area contributed by atoms with Crippen molar-refractivity contribution in [3.63, 3.8) is 0 Å². The highest BCUT2D eigenvalue weighted by Gasteiger charge is 2.17. The van der Waals surface area contributed by atoms with E-state index in [0.717, 1.165) is 11.1 Å². The van der Waals surface area contributed by atoms with Crippen molar-refractivity contribution in [2.24, 2.45) is 5.18 Å². The van der Waals surface area contributed by atoms with E-state index in [1.807, 2.05) is 37.3 Å². The molecule has 0 fully saturated rings. The van der Waals surface area contributed by atoms with Gasteiger partial charge in [0.05, 0.1) is 25.8 Å². The molecule has 24 heavy (non-hydrogen) atoms. The summed E-state index contributed by atoms with van der Waals surface area (Å²) in [4.78, 5) is 11.1. The van der Waals surface area contributed by atoms with Crippen LogP contribution in [0.2, 0.25) is 0 Å². The van der Waals surface area contributed by atoms with Crippen LogP contribution < -0.4 is 9.47 Å². The van der Waals surface area contributed by atoms with Gasteiger partial charge >= 0.3 is 0 Å². The summed E-state index contributed by atoms with van der Waals surface area (Å²) in [5.41, 5.74) is 1.71. The second-order valence-electron chi connectivity index (χ2n) is 5.29. The Morgan fingerprint density at radius 3 is 2.67 bits per heavy atom. The average molecular weight is 326 g/mol. The summed E-state index contributed by atoms with van der Waals surface area (Å²) in [5.74, 6) is 1.15. The molecular formula is C18H18N2O4. The molecular weight excluding hydrogens is 308 g/mol. The molecule has 124 valence electrons. The Morgan fingerprint density at radius 1 is 1.17 bits per heavy atom. The molecule has 3 aromatic rings. The maximum Gasteiger partial charge on any atom is 0.222 e. The van der Waals surface area contributed by atoms with Gasteiger partial charge in [0.15, 0.2) is 17.2 Å². The van der Waals surface area contributed by atoms with E-state index < -0.39 is 0 Å². The first-order chi connectivity index (χ1) is 11.7. The van der Waals surface area contributed by atoms with Crippen molar-refractivity contribution >= 4 is 16.6 Å². The Balaban J connectivity index is 2.04. The van der Waals surface area contributed by atoms with Crippen LogP contribution in [0.25, 0.3) is 10.9 Å². The Kier molecular flexibility index (Phi) is 4.37. The van der Waals surface area contributed by atoms with Crippen molar-refractivity contribution in [1.29, 1.82) is 0 Å². The fraction of sp³-hybridized carbons (Fsp3) is 0.222. The third-order valence-corrected chi connectivity index (χ3v) is 3.88. The molecule has 3 rings (SSSR count). The molecule has 1 heterocycles. The number of benzene rings is 2. The molecule has 0 saturated heterocycles. The minimum Gasteiger partial charge on any atom is -0.493 e. The number of nitroso groups, excluding NO2 is 1. The van der Waals surface area contributed by atoms with Gasteiger partial charge in [0.2, 0.25) is 5.88 Å². The van der Waals surface area contributed by atoms with Gasteiger partial charge in [-0.1, -0.05) is 24.3 Å². The molecule has 0 bridgehead atoms. The van der Waals surface area contributed by atoms with Crippen molar-refractivity contribution in [1.82, 2.24) is 4.57 Å². The Hall–Kier alpha value is -3.02. The molecule has 0 unspecified atom stereocenters. The summed E-state index contributed by atoms with van der Waals surface area (Å²) in [6.45, 7) is 2.84. The van der Waals surface area contributed by atoms with E-state index in [0.29, 0.717) is 30.0 Å². The Morgan fingerprint density at radius 2 is 1.96 bits per heavy atom. The summed E-state index contributed by atoms with van der Waals surface area (Å²) in [7, 11) is 1.58. The molecule has 0 saturated carbocycles. The number of rotatable bonds is 6. The number of hydrogen-bond acceptors (Lipinski definition) is 5. The topological polar surface area (TPSA) is 73.0 Å². The van der Waals surface area contributed by atoms with Crippen LogP contribution in [0.4, 0.5) is 5.69 Å². The fourth-order valence-electron chi connectivity index (χ4n) is 2.79. The zero-order valence-corrected chi connectivity index (χ0v) is 13.5. The second-order valence-corrected chi connectivity index (χ2v) is 5.29. The molecule has 0 amide bonds. The van der Waals surface area contributed by atoms with Crippen LogP contribution in [0.1, 0.15) is 12.5 Å². The van der Waals surface area contributed by atoms with Gasteiger partial charge in [-0.05, 0) is 35.9 Å². The SMILES string of the molecule is CCOc1ccc(Cn2c(O)c(N=O)c3ccccc32)cc1OC. The van der Waals surface area contributed by atoms with Crippen molar-refractivity contribution in [2.75, 3.05) is 13.7 Å². The first kappa shape index (κ1) is 15.9. The van der Waals surface area contributed by atoms with Crippen LogP contribution in [0.5, 0.6) is 17.4 Å². The van der Waals surface area contributed by atoms with Gasteiger partial charge in [-0.15, -0.1) is 4.91 Å². The number of aromatic hydroxyl groups is 1. The molecule has 6 nitrogen and oxygen atoms in total. The maximum atomic E-state index is 11.1. The number of methoxy groups -OCH3 is 1. The molecule has 1 aromatic heterocycles. The lowest BCUT2D eigenvalue weighted by molar-refractivity contribution is 0.310. The molecule has 0 aliphatic heterocycles. The Labute approximate surface area is 139 Å². The standard InChI is InChI=1S/C18H18N2O4/c1-3-24-15-9-8-12(10-16(15)23-2)11-20-14-7-5-4-6-13(14)17(19-22)18(20)21/h4-10,21H,3,11H2,1-2H3. The van der Waals surface area contributed by atoms with Gasteiger partial charge in [0, 0.05) is 5.39 Å². The minimum absolute atomic E-state index is 0.0588. The number of ether oxygens (including phenoxy) is 2. The molecule has 0 spiro atoms. The van der Waals surface area contributed by atoms with Crippen molar-refractivity contribution in [3.8, 4) is 17.4 Å². The van der Waals surface area contributed by atoms with Crippen LogP contribution in [0.15, 0.2) is 47.6 Å². The van der Waals surface area contributed by atoms with E-state index in [1.165, 1.54) is 0 Å². The van der Waals surface area contributed by atoms with Gasteiger partial charge in [0.25, 0.3) is 0 Å². The van der Waals surface area contributed by atoms with Crippen molar-refractivity contribution in [2.45, 2.75) is 13.5 Å². The summed E-state index contributed by atoms with van der Waals surface area (Å²) in [6, 6.07) is 12.9.